The van der Waals surface area contributed by atoms with Crippen LogP contribution in [0.4, 0.5) is 5.69 Å². The predicted molar refractivity (Wildman–Crippen MR) is 89.6 cm³/mol. The third kappa shape index (κ3) is 5.38. The summed E-state index contributed by atoms with van der Waals surface area (Å²) in [6, 6.07) is 5.56. The third-order valence-corrected chi connectivity index (χ3v) is 3.81. The summed E-state index contributed by atoms with van der Waals surface area (Å²) in [6.07, 6.45) is 1.00. The average molecular weight is 291 g/mol. The number of hydrogen-bond acceptors (Lipinski definition) is 3. The lowest BCUT2D eigenvalue weighted by Crippen LogP contribution is -2.34. The molecular weight excluding hydrogens is 262 g/mol. The molecule has 1 aromatic carbocycles. The molecule has 0 saturated heterocycles. The second-order valence-corrected chi connectivity index (χ2v) is 5.40. The Labute approximate surface area is 128 Å². The SMILES string of the molecule is CCN(CC)CCCN(CC)C(=O)c1cc(C)cc(N)c1. The molecule has 0 aromatic heterocycles. The van der Waals surface area contributed by atoms with Crippen molar-refractivity contribution in [2.45, 2.75) is 34.1 Å². The number of carbonyl (C=O) groups excluding carboxylic acids is 1. The lowest BCUT2D eigenvalue weighted by atomic mass is 10.1. The molecule has 4 nitrogen and oxygen atoms in total. The highest BCUT2D eigenvalue weighted by Gasteiger charge is 2.15. The molecule has 0 spiro atoms. The fourth-order valence-corrected chi connectivity index (χ4v) is 2.55. The Morgan fingerprint density at radius 2 is 1.71 bits per heavy atom. The molecule has 0 heterocycles. The number of rotatable bonds is 8. The first-order chi connectivity index (χ1) is 10.0. The quantitative estimate of drug-likeness (QED) is 0.749. The zero-order valence-electron chi connectivity index (χ0n) is 13.9. The van der Waals surface area contributed by atoms with Gasteiger partial charge in [-0.2, -0.15) is 0 Å². The fourth-order valence-electron chi connectivity index (χ4n) is 2.55. The van der Waals surface area contributed by atoms with Gasteiger partial charge in [0.2, 0.25) is 0 Å². The van der Waals surface area contributed by atoms with Crippen molar-refractivity contribution in [3.8, 4) is 0 Å². The smallest absolute Gasteiger partial charge is 0.253 e. The van der Waals surface area contributed by atoms with Gasteiger partial charge in [-0.3, -0.25) is 4.79 Å². The van der Waals surface area contributed by atoms with Crippen molar-refractivity contribution in [3.05, 3.63) is 29.3 Å². The second kappa shape index (κ2) is 8.67. The Hall–Kier alpha value is -1.55. The normalized spacial score (nSPS) is 10.9. The van der Waals surface area contributed by atoms with Crippen LogP contribution in [0, 0.1) is 6.92 Å². The van der Waals surface area contributed by atoms with Gasteiger partial charge in [0.05, 0.1) is 0 Å². The Balaban J connectivity index is 2.64. The van der Waals surface area contributed by atoms with Crippen LogP contribution in [-0.2, 0) is 0 Å². The summed E-state index contributed by atoms with van der Waals surface area (Å²) in [5.74, 6) is 0.0763. The van der Waals surface area contributed by atoms with Gasteiger partial charge < -0.3 is 15.5 Å². The summed E-state index contributed by atoms with van der Waals surface area (Å²) >= 11 is 0. The summed E-state index contributed by atoms with van der Waals surface area (Å²) in [7, 11) is 0. The van der Waals surface area contributed by atoms with Gasteiger partial charge in [-0.15, -0.1) is 0 Å². The van der Waals surface area contributed by atoms with Crippen molar-refractivity contribution in [3.63, 3.8) is 0 Å². The number of nitrogens with two attached hydrogens (primary N) is 1. The summed E-state index contributed by atoms with van der Waals surface area (Å²) < 4.78 is 0. The van der Waals surface area contributed by atoms with Crippen molar-refractivity contribution < 1.29 is 4.79 Å². The van der Waals surface area contributed by atoms with E-state index in [0.717, 1.165) is 44.7 Å². The first kappa shape index (κ1) is 17.5. The minimum atomic E-state index is 0.0763. The van der Waals surface area contributed by atoms with Gasteiger partial charge in [0.25, 0.3) is 5.91 Å². The number of hydrogen-bond donors (Lipinski definition) is 1. The van der Waals surface area contributed by atoms with E-state index in [-0.39, 0.29) is 5.91 Å². The molecule has 0 bridgehead atoms. The van der Waals surface area contributed by atoms with E-state index < -0.39 is 0 Å². The predicted octanol–water partition coefficient (Wildman–Crippen LogP) is 2.77. The number of nitrogens with zero attached hydrogens (tertiary/aromatic N) is 2. The Morgan fingerprint density at radius 3 is 2.24 bits per heavy atom. The fraction of sp³-hybridized carbons (Fsp3) is 0.588. The van der Waals surface area contributed by atoms with E-state index in [1.165, 1.54) is 0 Å². The molecule has 1 rings (SSSR count). The molecule has 21 heavy (non-hydrogen) atoms. The molecule has 0 saturated carbocycles. The van der Waals surface area contributed by atoms with E-state index in [2.05, 4.69) is 18.7 Å². The van der Waals surface area contributed by atoms with Gasteiger partial charge in [-0.25, -0.2) is 0 Å². The van der Waals surface area contributed by atoms with Crippen LogP contribution >= 0.6 is 0 Å². The lowest BCUT2D eigenvalue weighted by Gasteiger charge is -2.24. The van der Waals surface area contributed by atoms with Crippen LogP contribution in [0.1, 0.15) is 43.1 Å². The maximum atomic E-state index is 12.6. The van der Waals surface area contributed by atoms with Crippen LogP contribution in [0.15, 0.2) is 18.2 Å². The minimum Gasteiger partial charge on any atom is -0.399 e. The molecule has 4 heteroatoms. The zero-order chi connectivity index (χ0) is 15.8. The van der Waals surface area contributed by atoms with E-state index >= 15 is 0 Å². The molecule has 2 N–H and O–H groups in total. The van der Waals surface area contributed by atoms with Crippen LogP contribution < -0.4 is 5.73 Å². The van der Waals surface area contributed by atoms with Gasteiger partial charge in [0.15, 0.2) is 0 Å². The van der Waals surface area contributed by atoms with Crippen molar-refractivity contribution >= 4 is 11.6 Å². The van der Waals surface area contributed by atoms with Gasteiger partial charge in [0.1, 0.15) is 0 Å². The highest BCUT2D eigenvalue weighted by atomic mass is 16.2. The van der Waals surface area contributed by atoms with Crippen molar-refractivity contribution in [1.29, 1.82) is 0 Å². The topological polar surface area (TPSA) is 49.6 Å². The standard InChI is InChI=1S/C17H29N3O/c1-5-19(6-2)9-8-10-20(7-3)17(21)15-11-14(4)12-16(18)13-15/h11-13H,5-10,18H2,1-4H3. The Kier molecular flexibility index (Phi) is 7.23. The monoisotopic (exact) mass is 291 g/mol. The maximum absolute atomic E-state index is 12.6. The minimum absolute atomic E-state index is 0.0763. The van der Waals surface area contributed by atoms with Crippen molar-refractivity contribution in [2.24, 2.45) is 0 Å². The lowest BCUT2D eigenvalue weighted by molar-refractivity contribution is 0.0757. The van der Waals surface area contributed by atoms with Crippen LogP contribution in [0.25, 0.3) is 0 Å². The van der Waals surface area contributed by atoms with E-state index in [1.54, 1.807) is 6.07 Å². The Morgan fingerprint density at radius 1 is 1.05 bits per heavy atom. The molecular formula is C17H29N3O. The van der Waals surface area contributed by atoms with Crippen LogP contribution in [0.2, 0.25) is 0 Å². The number of amides is 1. The first-order valence-electron chi connectivity index (χ1n) is 7.90. The summed E-state index contributed by atoms with van der Waals surface area (Å²) in [5.41, 5.74) is 8.21. The second-order valence-electron chi connectivity index (χ2n) is 5.40. The number of aryl methyl sites for hydroxylation is 1. The number of carbonyl (C=O) groups is 1. The van der Waals surface area contributed by atoms with Gasteiger partial charge in [-0.05, 0) is 63.7 Å². The summed E-state index contributed by atoms with van der Waals surface area (Å²) in [6.45, 7) is 13.0. The molecule has 0 radical (unpaired) electrons. The Bertz CT molecular complexity index is 435. The van der Waals surface area contributed by atoms with Crippen LogP contribution in [0.5, 0.6) is 0 Å². The molecule has 0 fully saturated rings. The number of benzene rings is 1. The molecule has 0 unspecified atom stereocenters. The van der Waals surface area contributed by atoms with Crippen molar-refractivity contribution in [1.82, 2.24) is 9.80 Å². The molecule has 1 amide bonds. The van der Waals surface area contributed by atoms with E-state index in [0.29, 0.717) is 11.3 Å². The van der Waals surface area contributed by atoms with Crippen LogP contribution in [0.3, 0.4) is 0 Å². The molecule has 0 aliphatic carbocycles. The van der Waals surface area contributed by atoms with Crippen molar-refractivity contribution in [2.75, 3.05) is 38.5 Å². The molecule has 1 aromatic rings. The molecule has 0 aliphatic rings. The van der Waals surface area contributed by atoms with E-state index in [9.17, 15) is 4.79 Å². The van der Waals surface area contributed by atoms with Gasteiger partial charge >= 0.3 is 0 Å². The molecule has 0 atom stereocenters. The molecule has 118 valence electrons. The van der Waals surface area contributed by atoms with Gasteiger partial charge in [0, 0.05) is 24.3 Å². The summed E-state index contributed by atoms with van der Waals surface area (Å²) in [5, 5.41) is 0. The third-order valence-electron chi connectivity index (χ3n) is 3.81. The van der Waals surface area contributed by atoms with E-state index in [4.69, 9.17) is 5.73 Å². The van der Waals surface area contributed by atoms with E-state index in [1.807, 2.05) is 30.9 Å². The molecule has 0 aliphatic heterocycles. The van der Waals surface area contributed by atoms with Gasteiger partial charge in [-0.1, -0.05) is 13.8 Å². The number of nitrogen functional groups attached to an aromatic ring is 1. The summed E-state index contributed by atoms with van der Waals surface area (Å²) in [4.78, 5) is 16.8. The average Bonchev–Trinajstić information content (AvgIpc) is 2.46. The largest absolute Gasteiger partial charge is 0.399 e. The number of anilines is 1. The zero-order valence-corrected chi connectivity index (χ0v) is 13.9. The first-order valence-corrected chi connectivity index (χ1v) is 7.90. The highest BCUT2D eigenvalue weighted by Crippen LogP contribution is 2.13. The highest BCUT2D eigenvalue weighted by molar-refractivity contribution is 5.95. The maximum Gasteiger partial charge on any atom is 0.253 e. The van der Waals surface area contributed by atoms with Crippen LogP contribution in [-0.4, -0.2) is 48.4 Å².